The van der Waals surface area contributed by atoms with Gasteiger partial charge in [0.1, 0.15) is 6.04 Å². The Hall–Kier alpha value is -0.820. The molecule has 1 aliphatic rings. The molecule has 2 atom stereocenters. The minimum Gasteiger partial charge on any atom is -0.468 e. The fourth-order valence-corrected chi connectivity index (χ4v) is 0.939. The Morgan fingerprint density at radius 2 is 2.23 bits per heavy atom. The number of nitrogens with one attached hydrogen (secondary N) is 1. The molecular formula is C6H8F3NO3. The van der Waals surface area contributed by atoms with Crippen molar-refractivity contribution in [2.75, 3.05) is 13.7 Å². The zero-order valence-corrected chi connectivity index (χ0v) is 6.72. The molecule has 0 aromatic carbocycles. The Morgan fingerprint density at radius 1 is 1.62 bits per heavy atom. The Balaban J connectivity index is 2.50. The molecule has 0 saturated carbocycles. The van der Waals surface area contributed by atoms with Crippen LogP contribution in [0.4, 0.5) is 13.2 Å². The molecule has 1 fully saturated rings. The second kappa shape index (κ2) is 3.51. The number of halogens is 3. The van der Waals surface area contributed by atoms with Gasteiger partial charge in [-0.05, 0) is 0 Å². The lowest BCUT2D eigenvalue weighted by Gasteiger charge is -2.14. The van der Waals surface area contributed by atoms with E-state index in [2.05, 4.69) is 9.47 Å². The predicted molar refractivity (Wildman–Crippen MR) is 34.7 cm³/mol. The average Bonchev–Trinajstić information content (AvgIpc) is 2.50. The van der Waals surface area contributed by atoms with Gasteiger partial charge in [-0.25, -0.2) is 0 Å². The Bertz CT molecular complexity index is 206. The van der Waals surface area contributed by atoms with Crippen LogP contribution in [-0.4, -0.2) is 38.1 Å². The standard InChI is InChI=1S/C6H8F3NO3/c1-12-4(11)3-2-13-5(10-3)6(7,8)9/h3,5,10H,2H2,1H3/t3-,5-/m0/s1. The summed E-state index contributed by atoms with van der Waals surface area (Å²) >= 11 is 0. The van der Waals surface area contributed by atoms with E-state index < -0.39 is 24.4 Å². The van der Waals surface area contributed by atoms with Gasteiger partial charge in [-0.3, -0.25) is 10.1 Å². The highest BCUT2D eigenvalue weighted by Crippen LogP contribution is 2.24. The van der Waals surface area contributed by atoms with Crippen molar-refractivity contribution < 1.29 is 27.4 Å². The van der Waals surface area contributed by atoms with Gasteiger partial charge in [0.2, 0.25) is 6.23 Å². The molecule has 0 spiro atoms. The summed E-state index contributed by atoms with van der Waals surface area (Å²) in [6.45, 7) is -0.323. The van der Waals surface area contributed by atoms with Gasteiger partial charge in [-0.15, -0.1) is 0 Å². The maximum atomic E-state index is 12.0. The van der Waals surface area contributed by atoms with Crippen molar-refractivity contribution in [3.63, 3.8) is 0 Å². The predicted octanol–water partition coefficient (Wildman–Crippen LogP) is 0.0362. The summed E-state index contributed by atoms with van der Waals surface area (Å²) in [4.78, 5) is 10.8. The first-order chi connectivity index (χ1) is 5.95. The molecule has 0 amide bonds. The van der Waals surface area contributed by atoms with Crippen LogP contribution in [0.2, 0.25) is 0 Å². The fraction of sp³-hybridized carbons (Fsp3) is 0.833. The maximum absolute atomic E-state index is 12.0. The highest BCUT2D eigenvalue weighted by molar-refractivity contribution is 5.76. The Morgan fingerprint density at radius 3 is 2.62 bits per heavy atom. The number of carbonyl (C=O) groups excluding carboxylic acids is 1. The van der Waals surface area contributed by atoms with Crippen LogP contribution in [-0.2, 0) is 14.3 Å². The number of methoxy groups -OCH3 is 1. The van der Waals surface area contributed by atoms with Gasteiger partial charge in [0.15, 0.2) is 0 Å². The van der Waals surface area contributed by atoms with E-state index in [1.165, 1.54) is 0 Å². The van der Waals surface area contributed by atoms with Crippen LogP contribution in [0.5, 0.6) is 0 Å². The van der Waals surface area contributed by atoms with E-state index in [-0.39, 0.29) is 6.61 Å². The van der Waals surface area contributed by atoms with Crippen LogP contribution in [0.1, 0.15) is 0 Å². The van der Waals surface area contributed by atoms with E-state index in [1.807, 2.05) is 5.32 Å². The number of rotatable bonds is 1. The van der Waals surface area contributed by atoms with Crippen molar-refractivity contribution in [2.24, 2.45) is 0 Å². The van der Waals surface area contributed by atoms with Gasteiger partial charge in [0.25, 0.3) is 0 Å². The number of hydrogen-bond donors (Lipinski definition) is 1. The molecule has 0 bridgehead atoms. The number of alkyl halides is 3. The molecule has 76 valence electrons. The third kappa shape index (κ3) is 2.31. The second-order valence-corrected chi connectivity index (χ2v) is 2.50. The van der Waals surface area contributed by atoms with E-state index in [4.69, 9.17) is 0 Å². The van der Waals surface area contributed by atoms with Crippen molar-refractivity contribution in [1.29, 1.82) is 0 Å². The smallest absolute Gasteiger partial charge is 0.428 e. The molecule has 0 radical (unpaired) electrons. The molecule has 0 aliphatic carbocycles. The van der Waals surface area contributed by atoms with E-state index >= 15 is 0 Å². The van der Waals surface area contributed by atoms with Crippen LogP contribution in [0.25, 0.3) is 0 Å². The van der Waals surface area contributed by atoms with E-state index in [0.717, 1.165) is 7.11 Å². The summed E-state index contributed by atoms with van der Waals surface area (Å²) in [7, 11) is 1.10. The van der Waals surface area contributed by atoms with Gasteiger partial charge in [-0.2, -0.15) is 13.2 Å². The third-order valence-electron chi connectivity index (χ3n) is 1.57. The molecule has 0 unspecified atom stereocenters. The van der Waals surface area contributed by atoms with Gasteiger partial charge >= 0.3 is 12.1 Å². The summed E-state index contributed by atoms with van der Waals surface area (Å²) in [5.41, 5.74) is 0. The van der Waals surface area contributed by atoms with Crippen molar-refractivity contribution in [1.82, 2.24) is 5.32 Å². The average molecular weight is 199 g/mol. The largest absolute Gasteiger partial charge is 0.468 e. The quantitative estimate of drug-likeness (QED) is 0.605. The summed E-state index contributed by atoms with van der Waals surface area (Å²) in [5, 5.41) is 1.96. The lowest BCUT2D eigenvalue weighted by molar-refractivity contribution is -0.212. The maximum Gasteiger partial charge on any atom is 0.428 e. The first-order valence-electron chi connectivity index (χ1n) is 3.47. The van der Waals surface area contributed by atoms with Gasteiger partial charge in [0.05, 0.1) is 13.7 Å². The minimum absolute atomic E-state index is 0.323. The Labute approximate surface area is 72.0 Å². The first-order valence-corrected chi connectivity index (χ1v) is 3.47. The first kappa shape index (κ1) is 10.3. The lowest BCUT2D eigenvalue weighted by Crippen LogP contribution is -2.44. The van der Waals surface area contributed by atoms with E-state index in [9.17, 15) is 18.0 Å². The van der Waals surface area contributed by atoms with E-state index in [1.54, 1.807) is 0 Å². The fourth-order valence-electron chi connectivity index (χ4n) is 0.939. The molecule has 1 aliphatic heterocycles. The van der Waals surface area contributed by atoms with E-state index in [0.29, 0.717) is 0 Å². The topological polar surface area (TPSA) is 47.6 Å². The minimum atomic E-state index is -4.50. The van der Waals surface area contributed by atoms with Crippen molar-refractivity contribution in [3.8, 4) is 0 Å². The van der Waals surface area contributed by atoms with Crippen LogP contribution in [0.3, 0.4) is 0 Å². The summed E-state index contributed by atoms with van der Waals surface area (Å²) < 4.78 is 44.4. The molecule has 4 nitrogen and oxygen atoms in total. The van der Waals surface area contributed by atoms with Crippen LogP contribution in [0.15, 0.2) is 0 Å². The SMILES string of the molecule is COC(=O)[C@@H]1CO[C@@H](C(F)(F)F)N1. The normalized spacial score (nSPS) is 28.9. The summed E-state index contributed by atoms with van der Waals surface area (Å²) in [5.74, 6) is -0.758. The molecule has 13 heavy (non-hydrogen) atoms. The third-order valence-corrected chi connectivity index (χ3v) is 1.57. The number of hydrogen-bond acceptors (Lipinski definition) is 4. The summed E-state index contributed by atoms with van der Waals surface area (Å²) in [6, 6.07) is -1.03. The highest BCUT2D eigenvalue weighted by Gasteiger charge is 2.47. The van der Waals surface area contributed by atoms with Crippen molar-refractivity contribution >= 4 is 5.97 Å². The van der Waals surface area contributed by atoms with Crippen LogP contribution >= 0.6 is 0 Å². The molecule has 1 saturated heterocycles. The van der Waals surface area contributed by atoms with Gasteiger partial charge in [-0.1, -0.05) is 0 Å². The summed E-state index contributed by atoms with van der Waals surface area (Å²) in [6.07, 6.45) is -6.57. The molecule has 0 aromatic rings. The zero-order valence-electron chi connectivity index (χ0n) is 6.72. The highest BCUT2D eigenvalue weighted by atomic mass is 19.4. The number of carbonyl (C=O) groups is 1. The molecule has 1 heterocycles. The van der Waals surface area contributed by atoms with Gasteiger partial charge in [0, 0.05) is 0 Å². The molecule has 7 heteroatoms. The number of esters is 1. The van der Waals surface area contributed by atoms with Crippen LogP contribution < -0.4 is 5.32 Å². The second-order valence-electron chi connectivity index (χ2n) is 2.50. The Kier molecular flexibility index (Phi) is 2.77. The van der Waals surface area contributed by atoms with Gasteiger partial charge < -0.3 is 9.47 Å². The molecule has 0 aromatic heterocycles. The van der Waals surface area contributed by atoms with Crippen LogP contribution in [0, 0.1) is 0 Å². The van der Waals surface area contributed by atoms with Crippen molar-refractivity contribution in [3.05, 3.63) is 0 Å². The molecular weight excluding hydrogens is 191 g/mol. The lowest BCUT2D eigenvalue weighted by atomic mass is 10.3. The molecule has 1 rings (SSSR count). The zero-order chi connectivity index (χ0) is 10.1. The monoisotopic (exact) mass is 199 g/mol. The van der Waals surface area contributed by atoms with Crippen molar-refractivity contribution in [2.45, 2.75) is 18.4 Å². The number of ether oxygens (including phenoxy) is 2. The molecule has 1 N–H and O–H groups in total.